The van der Waals surface area contributed by atoms with Crippen LogP contribution in [0.5, 0.6) is 0 Å². The van der Waals surface area contributed by atoms with Gasteiger partial charge in [0, 0.05) is 12.5 Å². The zero-order valence-corrected chi connectivity index (χ0v) is 29.6. The van der Waals surface area contributed by atoms with E-state index in [1.807, 2.05) is 30.4 Å². The van der Waals surface area contributed by atoms with Crippen molar-refractivity contribution in [3.8, 4) is 0 Å². The van der Waals surface area contributed by atoms with Crippen LogP contribution in [-0.2, 0) is 9.53 Å². The van der Waals surface area contributed by atoms with Crippen LogP contribution in [0.1, 0.15) is 145 Å². The number of allylic oxidation sites excluding steroid dienone is 15. The highest BCUT2D eigenvalue weighted by Crippen LogP contribution is 2.15. The van der Waals surface area contributed by atoms with E-state index in [1.165, 1.54) is 86.2 Å². The van der Waals surface area contributed by atoms with Gasteiger partial charge in [-0.1, -0.05) is 153 Å². The Morgan fingerprint density at radius 2 is 1.07 bits per heavy atom. The minimum absolute atomic E-state index is 0.264. The lowest BCUT2D eigenvalue weighted by Gasteiger charge is -2.14. The van der Waals surface area contributed by atoms with Crippen LogP contribution in [0.15, 0.2) is 107 Å². The first-order valence-electron chi connectivity index (χ1n) is 17.4. The Kier molecular flexibility index (Phi) is 28.2. The maximum atomic E-state index is 12.6. The fourth-order valence-electron chi connectivity index (χ4n) is 4.60. The van der Waals surface area contributed by atoms with Crippen molar-refractivity contribution in [2.24, 2.45) is 0 Å². The molecule has 0 saturated carbocycles. The smallest absolute Gasteiger partial charge is 0.331 e. The lowest BCUT2D eigenvalue weighted by Crippen LogP contribution is -2.14. The highest BCUT2D eigenvalue weighted by atomic mass is 16.5. The van der Waals surface area contributed by atoms with Crippen LogP contribution >= 0.6 is 0 Å². The predicted molar refractivity (Wildman–Crippen MR) is 197 cm³/mol. The summed E-state index contributed by atoms with van der Waals surface area (Å²) in [6.07, 6.45) is 46.3. The number of hydrogen-bond donors (Lipinski definition) is 0. The van der Waals surface area contributed by atoms with Crippen LogP contribution in [0.4, 0.5) is 0 Å². The quantitative estimate of drug-likeness (QED) is 0.0341. The predicted octanol–water partition coefficient (Wildman–Crippen LogP) is 13.4. The fourth-order valence-corrected chi connectivity index (χ4v) is 4.60. The summed E-state index contributed by atoms with van der Waals surface area (Å²) in [5, 5.41) is 0. The molecular weight excluding hydrogens is 536 g/mol. The van der Waals surface area contributed by atoms with Crippen LogP contribution in [0.3, 0.4) is 0 Å². The molecular formula is C42H66O2. The van der Waals surface area contributed by atoms with Gasteiger partial charge in [0.05, 0.1) is 0 Å². The van der Waals surface area contributed by atoms with E-state index in [0.29, 0.717) is 6.42 Å². The number of esters is 1. The second-order valence-electron chi connectivity index (χ2n) is 12.5. The Morgan fingerprint density at radius 3 is 1.64 bits per heavy atom. The maximum absolute atomic E-state index is 12.6. The summed E-state index contributed by atoms with van der Waals surface area (Å²) in [5.41, 5.74) is 5.25. The lowest BCUT2D eigenvalue weighted by molar-refractivity contribution is -0.140. The molecule has 2 heteroatoms. The Bertz CT molecular complexity index is 998. The first-order chi connectivity index (χ1) is 21.2. The molecule has 0 aromatic carbocycles. The summed E-state index contributed by atoms with van der Waals surface area (Å²) < 4.78 is 5.83. The third kappa shape index (κ3) is 30.6. The standard InChI is InChI=1S/C42H66O2/c1-8-9-10-11-12-13-14-15-16-17-18-19-20-21-22-23-24-25-26-33-42(43)44-41(36-40(7)32-28-30-38(4)5)35-34-39(6)31-27-29-37(2)3/h18-26,29-30,33-34,36,41H,8-17,27-28,31-32,35H2,1-7H3/b19-18?,21-20?,23-22?,25-24?,33-26?,39-34+,40-36+. The van der Waals surface area contributed by atoms with E-state index in [2.05, 4.69) is 91.0 Å². The van der Waals surface area contributed by atoms with E-state index in [1.54, 1.807) is 6.08 Å². The van der Waals surface area contributed by atoms with E-state index < -0.39 is 0 Å². The van der Waals surface area contributed by atoms with Gasteiger partial charge in [-0.2, -0.15) is 0 Å². The van der Waals surface area contributed by atoms with Gasteiger partial charge in [0.25, 0.3) is 0 Å². The molecule has 0 amide bonds. The molecule has 0 bridgehead atoms. The van der Waals surface area contributed by atoms with Crippen molar-refractivity contribution in [3.63, 3.8) is 0 Å². The third-order valence-corrected chi connectivity index (χ3v) is 7.24. The zero-order chi connectivity index (χ0) is 32.7. The van der Waals surface area contributed by atoms with Crippen LogP contribution in [-0.4, -0.2) is 12.1 Å². The molecule has 0 heterocycles. The Morgan fingerprint density at radius 1 is 0.568 bits per heavy atom. The van der Waals surface area contributed by atoms with Gasteiger partial charge in [-0.25, -0.2) is 4.79 Å². The highest BCUT2D eigenvalue weighted by Gasteiger charge is 2.10. The van der Waals surface area contributed by atoms with E-state index in [9.17, 15) is 4.79 Å². The molecule has 1 unspecified atom stereocenters. The van der Waals surface area contributed by atoms with Crippen molar-refractivity contribution in [2.75, 3.05) is 0 Å². The molecule has 0 aliphatic rings. The molecule has 0 aliphatic heterocycles. The van der Waals surface area contributed by atoms with Gasteiger partial charge >= 0.3 is 5.97 Å². The molecule has 0 aromatic rings. The normalized spacial score (nSPS) is 13.6. The van der Waals surface area contributed by atoms with Crippen molar-refractivity contribution in [2.45, 2.75) is 151 Å². The number of hydrogen-bond acceptors (Lipinski definition) is 2. The van der Waals surface area contributed by atoms with Crippen LogP contribution in [0.25, 0.3) is 0 Å². The van der Waals surface area contributed by atoms with Gasteiger partial charge in [-0.3, -0.25) is 0 Å². The van der Waals surface area contributed by atoms with Gasteiger partial charge in [-0.15, -0.1) is 0 Å². The topological polar surface area (TPSA) is 26.3 Å². The zero-order valence-electron chi connectivity index (χ0n) is 29.6. The van der Waals surface area contributed by atoms with Gasteiger partial charge in [0.1, 0.15) is 6.10 Å². The number of ether oxygens (including phenoxy) is 1. The van der Waals surface area contributed by atoms with Crippen LogP contribution in [0, 0.1) is 0 Å². The Hall–Kier alpha value is -2.87. The second-order valence-corrected chi connectivity index (χ2v) is 12.5. The SMILES string of the molecule is CCCCCCCCCCCC=CC=CC=CC=CC=CC(=O)OC(/C=C(\C)CCC=C(C)C)C/C=C(\C)CCC=C(C)C. The van der Waals surface area contributed by atoms with E-state index >= 15 is 0 Å². The summed E-state index contributed by atoms with van der Waals surface area (Å²) in [6, 6.07) is 0. The largest absolute Gasteiger partial charge is 0.455 e. The number of rotatable bonds is 25. The van der Waals surface area contributed by atoms with Crippen molar-refractivity contribution in [1.82, 2.24) is 0 Å². The molecule has 0 radical (unpaired) electrons. The highest BCUT2D eigenvalue weighted by molar-refractivity contribution is 5.82. The summed E-state index contributed by atoms with van der Waals surface area (Å²) >= 11 is 0. The average molecular weight is 603 g/mol. The summed E-state index contributed by atoms with van der Waals surface area (Å²) in [5.74, 6) is -0.315. The van der Waals surface area contributed by atoms with E-state index in [0.717, 1.165) is 32.1 Å². The van der Waals surface area contributed by atoms with Gasteiger partial charge in [0.15, 0.2) is 0 Å². The summed E-state index contributed by atoms with van der Waals surface area (Å²) in [6.45, 7) is 15.1. The van der Waals surface area contributed by atoms with Gasteiger partial charge in [-0.05, 0) is 86.1 Å². The Balaban J connectivity index is 4.59. The van der Waals surface area contributed by atoms with E-state index in [-0.39, 0.29) is 12.1 Å². The maximum Gasteiger partial charge on any atom is 0.331 e. The van der Waals surface area contributed by atoms with Crippen molar-refractivity contribution < 1.29 is 9.53 Å². The van der Waals surface area contributed by atoms with Crippen molar-refractivity contribution in [3.05, 3.63) is 107 Å². The molecule has 0 N–H and O–H groups in total. The first kappa shape index (κ1) is 41.1. The molecule has 0 saturated heterocycles. The molecule has 2 nitrogen and oxygen atoms in total. The second kappa shape index (κ2) is 30.2. The molecule has 246 valence electrons. The number of carbonyl (C=O) groups is 1. The van der Waals surface area contributed by atoms with Crippen molar-refractivity contribution in [1.29, 1.82) is 0 Å². The summed E-state index contributed by atoms with van der Waals surface area (Å²) in [4.78, 5) is 12.6. The molecule has 0 aliphatic carbocycles. The average Bonchev–Trinajstić information content (AvgIpc) is 2.96. The van der Waals surface area contributed by atoms with Gasteiger partial charge in [0.2, 0.25) is 0 Å². The number of unbranched alkanes of at least 4 members (excludes halogenated alkanes) is 9. The van der Waals surface area contributed by atoms with Crippen LogP contribution < -0.4 is 0 Å². The monoisotopic (exact) mass is 603 g/mol. The third-order valence-electron chi connectivity index (χ3n) is 7.24. The molecule has 1 atom stereocenters. The van der Waals surface area contributed by atoms with Crippen LogP contribution in [0.2, 0.25) is 0 Å². The number of carbonyl (C=O) groups excluding carboxylic acids is 1. The molecule has 0 spiro atoms. The molecule has 0 aromatic heterocycles. The minimum atomic E-state index is -0.315. The van der Waals surface area contributed by atoms with E-state index in [4.69, 9.17) is 4.74 Å². The fraction of sp³-hybridized carbons (Fsp3) is 0.548. The molecule has 0 rings (SSSR count). The lowest BCUT2D eigenvalue weighted by atomic mass is 10.0. The van der Waals surface area contributed by atoms with Gasteiger partial charge < -0.3 is 4.74 Å². The summed E-state index contributed by atoms with van der Waals surface area (Å²) in [7, 11) is 0. The minimum Gasteiger partial charge on any atom is -0.455 e. The molecule has 0 fully saturated rings. The van der Waals surface area contributed by atoms with Crippen molar-refractivity contribution >= 4 is 5.97 Å². The first-order valence-corrected chi connectivity index (χ1v) is 17.4. The Labute approximate surface area is 273 Å². The molecule has 44 heavy (non-hydrogen) atoms.